The molecule has 13 heavy (non-hydrogen) atoms. The van der Waals surface area contributed by atoms with Gasteiger partial charge in [0.2, 0.25) is 0 Å². The first-order valence-corrected chi connectivity index (χ1v) is 3.97. The molecule has 70 valence electrons. The second kappa shape index (κ2) is 4.35. The van der Waals surface area contributed by atoms with Crippen molar-refractivity contribution >= 4 is 5.97 Å². The van der Waals surface area contributed by atoms with Gasteiger partial charge in [0.25, 0.3) is 0 Å². The Kier molecular flexibility index (Phi) is 3.14. The highest BCUT2D eigenvalue weighted by Crippen LogP contribution is 1.91. The van der Waals surface area contributed by atoms with E-state index in [9.17, 15) is 4.79 Å². The summed E-state index contributed by atoms with van der Waals surface area (Å²) in [4.78, 5) is 10.4. The predicted molar refractivity (Wildman–Crippen MR) is 50.1 cm³/mol. The molecule has 0 spiro atoms. The van der Waals surface area contributed by atoms with E-state index in [2.05, 4.69) is 5.43 Å². The van der Waals surface area contributed by atoms with Gasteiger partial charge >= 0.3 is 5.97 Å². The average molecular weight is 180 g/mol. The second-order valence-electron chi connectivity index (χ2n) is 2.64. The lowest BCUT2D eigenvalue weighted by molar-refractivity contribution is -0.132. The van der Waals surface area contributed by atoms with E-state index in [0.29, 0.717) is 12.1 Å². The van der Waals surface area contributed by atoms with Gasteiger partial charge in [-0.15, -0.1) is 0 Å². The largest absolute Gasteiger partial charge is 0.478 e. The average Bonchev–Trinajstić information content (AvgIpc) is 2.56. The Morgan fingerprint density at radius 3 is 2.69 bits per heavy atom. The van der Waals surface area contributed by atoms with Gasteiger partial charge in [0.15, 0.2) is 0 Å². The molecule has 0 aliphatic rings. The van der Waals surface area contributed by atoms with Crippen molar-refractivity contribution in [1.82, 2.24) is 4.68 Å². The van der Waals surface area contributed by atoms with Crippen molar-refractivity contribution < 1.29 is 9.90 Å². The lowest BCUT2D eigenvalue weighted by Crippen LogP contribution is -2.13. The zero-order valence-corrected chi connectivity index (χ0v) is 7.40. The van der Waals surface area contributed by atoms with E-state index in [0.717, 1.165) is 0 Å². The van der Waals surface area contributed by atoms with Crippen molar-refractivity contribution in [3.8, 4) is 0 Å². The molecule has 0 aliphatic heterocycles. The quantitative estimate of drug-likeness (QED) is 0.681. The highest BCUT2D eigenvalue weighted by atomic mass is 16.4. The molecule has 4 heteroatoms. The molecule has 1 heterocycles. The van der Waals surface area contributed by atoms with E-state index in [1.807, 2.05) is 24.5 Å². The number of aromatic nitrogens is 1. The van der Waals surface area contributed by atoms with E-state index in [-0.39, 0.29) is 0 Å². The van der Waals surface area contributed by atoms with Crippen LogP contribution in [0.2, 0.25) is 0 Å². The molecule has 0 aromatic carbocycles. The molecule has 1 aromatic heterocycles. The normalized spacial score (nSPS) is 11.3. The summed E-state index contributed by atoms with van der Waals surface area (Å²) in [5.74, 6) is -0.880. The molecule has 0 bridgehead atoms. The molecule has 2 N–H and O–H groups in total. The number of carboxylic acids is 1. The van der Waals surface area contributed by atoms with Crippen LogP contribution in [0.5, 0.6) is 0 Å². The van der Waals surface area contributed by atoms with Gasteiger partial charge in [-0.05, 0) is 19.1 Å². The van der Waals surface area contributed by atoms with Gasteiger partial charge in [-0.25, -0.2) is 4.79 Å². The molecular weight excluding hydrogens is 168 g/mol. The number of hydrogen-bond donors (Lipinski definition) is 2. The van der Waals surface area contributed by atoms with Crippen LogP contribution in [0, 0.1) is 0 Å². The van der Waals surface area contributed by atoms with Gasteiger partial charge < -0.3 is 10.5 Å². The van der Waals surface area contributed by atoms with E-state index < -0.39 is 5.97 Å². The summed E-state index contributed by atoms with van der Waals surface area (Å²) >= 11 is 0. The summed E-state index contributed by atoms with van der Waals surface area (Å²) in [5.41, 5.74) is 3.33. The molecule has 0 radical (unpaired) electrons. The molecule has 1 aromatic rings. The Balaban J connectivity index is 2.36. The number of rotatable bonds is 4. The summed E-state index contributed by atoms with van der Waals surface area (Å²) < 4.78 is 1.77. The van der Waals surface area contributed by atoms with Crippen LogP contribution in [0.3, 0.4) is 0 Å². The highest BCUT2D eigenvalue weighted by molar-refractivity contribution is 5.85. The predicted octanol–water partition coefficient (Wildman–Crippen LogP) is 1.06. The van der Waals surface area contributed by atoms with Crippen LogP contribution in [0.15, 0.2) is 36.2 Å². The first kappa shape index (κ1) is 9.38. The smallest absolute Gasteiger partial charge is 0.331 e. The summed E-state index contributed by atoms with van der Waals surface area (Å²) in [5, 5.41) is 8.54. The molecule has 0 atom stereocenters. The van der Waals surface area contributed by atoms with Crippen LogP contribution >= 0.6 is 0 Å². The highest BCUT2D eigenvalue weighted by Gasteiger charge is 1.96. The molecule has 4 nitrogen and oxygen atoms in total. The van der Waals surface area contributed by atoms with E-state index >= 15 is 0 Å². The van der Waals surface area contributed by atoms with E-state index in [1.165, 1.54) is 0 Å². The number of carboxylic acid groups (broad SMARTS) is 1. The summed E-state index contributed by atoms with van der Waals surface area (Å²) in [6.07, 6.45) is 5.33. The third-order valence-electron chi connectivity index (χ3n) is 1.62. The minimum atomic E-state index is -0.880. The summed E-state index contributed by atoms with van der Waals surface area (Å²) in [7, 11) is 0. The number of hydrogen-bond acceptors (Lipinski definition) is 2. The maximum absolute atomic E-state index is 10.4. The molecule has 0 unspecified atom stereocenters. The molecular formula is C9H12N2O2. The van der Waals surface area contributed by atoms with Crippen molar-refractivity contribution in [3.05, 3.63) is 36.2 Å². The fourth-order valence-electron chi connectivity index (χ4n) is 0.831. The third kappa shape index (κ3) is 3.02. The fraction of sp³-hybridized carbons (Fsp3) is 0.222. The van der Waals surface area contributed by atoms with Gasteiger partial charge in [-0.1, -0.05) is 6.08 Å². The maximum Gasteiger partial charge on any atom is 0.331 e. The van der Waals surface area contributed by atoms with Crippen LogP contribution in [0.1, 0.15) is 6.92 Å². The standard InChI is InChI=1S/C9H12N2O2/c1-8(9(12)13)4-5-10-11-6-2-3-7-11/h2-4,6-7,10H,5H2,1H3,(H,12,13)/b8-4-. The Hall–Kier alpha value is -1.71. The zero-order valence-electron chi connectivity index (χ0n) is 7.40. The van der Waals surface area contributed by atoms with Crippen molar-refractivity contribution in [2.24, 2.45) is 0 Å². The van der Waals surface area contributed by atoms with Gasteiger partial charge in [-0.2, -0.15) is 0 Å². The molecule has 0 aliphatic carbocycles. The molecule has 0 saturated heterocycles. The first-order chi connectivity index (χ1) is 6.20. The fourth-order valence-corrected chi connectivity index (χ4v) is 0.831. The maximum atomic E-state index is 10.4. The minimum Gasteiger partial charge on any atom is -0.478 e. The Morgan fingerprint density at radius 1 is 1.54 bits per heavy atom. The number of carbonyl (C=O) groups is 1. The lowest BCUT2D eigenvalue weighted by atomic mass is 10.3. The van der Waals surface area contributed by atoms with Crippen molar-refractivity contribution in [3.63, 3.8) is 0 Å². The Labute approximate surface area is 76.5 Å². The van der Waals surface area contributed by atoms with Gasteiger partial charge in [-0.3, -0.25) is 4.68 Å². The van der Waals surface area contributed by atoms with Crippen LogP contribution in [-0.4, -0.2) is 22.3 Å². The van der Waals surface area contributed by atoms with Crippen molar-refractivity contribution in [2.75, 3.05) is 12.0 Å². The molecule has 0 saturated carbocycles. The van der Waals surface area contributed by atoms with Crippen LogP contribution < -0.4 is 5.43 Å². The number of nitrogens with zero attached hydrogens (tertiary/aromatic N) is 1. The summed E-state index contributed by atoms with van der Waals surface area (Å²) in [6.45, 7) is 2.08. The number of aliphatic carboxylic acids is 1. The molecule has 0 fully saturated rings. The Morgan fingerprint density at radius 2 is 2.15 bits per heavy atom. The lowest BCUT2D eigenvalue weighted by Gasteiger charge is -2.03. The van der Waals surface area contributed by atoms with Crippen molar-refractivity contribution in [1.29, 1.82) is 0 Å². The van der Waals surface area contributed by atoms with Crippen LogP contribution in [0.25, 0.3) is 0 Å². The second-order valence-corrected chi connectivity index (χ2v) is 2.64. The topological polar surface area (TPSA) is 54.3 Å². The number of nitrogens with one attached hydrogen (secondary N) is 1. The van der Waals surface area contributed by atoms with E-state index in [4.69, 9.17) is 5.11 Å². The van der Waals surface area contributed by atoms with Gasteiger partial charge in [0.05, 0.1) is 6.54 Å². The van der Waals surface area contributed by atoms with Crippen LogP contribution in [0.4, 0.5) is 0 Å². The Bertz CT molecular complexity index is 301. The minimum absolute atomic E-state index is 0.347. The third-order valence-corrected chi connectivity index (χ3v) is 1.62. The first-order valence-electron chi connectivity index (χ1n) is 3.97. The van der Waals surface area contributed by atoms with Gasteiger partial charge in [0.1, 0.15) is 0 Å². The summed E-state index contributed by atoms with van der Waals surface area (Å²) in [6, 6.07) is 3.78. The van der Waals surface area contributed by atoms with Crippen LogP contribution in [-0.2, 0) is 4.79 Å². The SMILES string of the molecule is C/C(=C/CNn1cccc1)C(=O)O. The van der Waals surface area contributed by atoms with E-state index in [1.54, 1.807) is 17.7 Å². The molecule has 0 amide bonds. The van der Waals surface area contributed by atoms with Crippen molar-refractivity contribution in [2.45, 2.75) is 6.92 Å². The molecule has 1 rings (SSSR count). The van der Waals surface area contributed by atoms with Gasteiger partial charge in [0, 0.05) is 18.0 Å². The zero-order chi connectivity index (χ0) is 9.68. The monoisotopic (exact) mass is 180 g/mol.